The zero-order valence-electron chi connectivity index (χ0n) is 57.7. The summed E-state index contributed by atoms with van der Waals surface area (Å²) in [5.74, 6) is 1.11. The third-order valence-electron chi connectivity index (χ3n) is 20.8. The summed E-state index contributed by atoms with van der Waals surface area (Å²) >= 11 is 17.6. The third kappa shape index (κ3) is 10.2. The van der Waals surface area contributed by atoms with Gasteiger partial charge in [-0.2, -0.15) is 8.68 Å². The van der Waals surface area contributed by atoms with Gasteiger partial charge in [-0.3, -0.25) is 9.05 Å². The van der Waals surface area contributed by atoms with Crippen LogP contribution in [0, 0.1) is 0 Å². The molecule has 14 heteroatoms. The smallest absolute Gasteiger partial charge is 0.264 e. The molecule has 0 fully saturated rings. The summed E-state index contributed by atoms with van der Waals surface area (Å²) in [7, 11) is -4.25. The van der Waals surface area contributed by atoms with Crippen molar-refractivity contribution < 1.29 is 9.05 Å². The Morgan fingerprint density at radius 3 is 0.750 bits per heavy atom. The van der Waals surface area contributed by atoms with E-state index < -0.39 is 14.3 Å². The molecule has 0 saturated heterocycles. The van der Waals surface area contributed by atoms with Gasteiger partial charge in [-0.25, -0.2) is 20.0 Å². The van der Waals surface area contributed by atoms with Crippen LogP contribution < -0.4 is 30.4 Å². The van der Waals surface area contributed by atoms with Crippen molar-refractivity contribution in [3.05, 3.63) is 476 Å². The van der Waals surface area contributed by atoms with E-state index in [-0.39, 0.29) is 0 Å². The number of rotatable bonds is 12. The summed E-state index contributed by atoms with van der Waals surface area (Å²) in [6, 6.07) is 110. The van der Waals surface area contributed by atoms with Gasteiger partial charge >= 0.3 is 14.3 Å². The van der Waals surface area contributed by atoms with E-state index >= 15 is 0 Å². The van der Waals surface area contributed by atoms with Gasteiger partial charge in [0.2, 0.25) is 0 Å². The average Bonchev–Trinajstić information content (AvgIpc) is 1.51. The molecule has 0 saturated carbocycles. The summed E-state index contributed by atoms with van der Waals surface area (Å²) in [5.41, 5.74) is 23.9. The molecule has 0 amide bonds. The zero-order valence-corrected chi connectivity index (χ0v) is 61.0. The number of nitrogens with zero attached hydrogens (tertiary/aromatic N) is 8. The van der Waals surface area contributed by atoms with Gasteiger partial charge in [-0.05, 0) is 166 Å². The predicted molar refractivity (Wildman–Crippen MR) is 443 cm³/mol. The first kappa shape index (κ1) is 63.7. The highest BCUT2D eigenvalue weighted by molar-refractivity contribution is 8.15. The molecule has 0 aliphatic carbocycles. The monoisotopic (exact) mass is 1460 g/mol. The van der Waals surface area contributed by atoms with E-state index in [1.807, 2.05) is 48.5 Å². The largest absolute Gasteiger partial charge is 0.586 e. The molecule has 4 aromatic heterocycles. The molecule has 12 bridgehead atoms. The van der Waals surface area contributed by atoms with E-state index in [9.17, 15) is 0 Å². The Bertz CT molecular complexity index is 6500. The van der Waals surface area contributed by atoms with E-state index in [1.54, 1.807) is 0 Å². The normalized spacial score (nSPS) is 17.5. The number of allylic oxidation sites excluding steroid dienone is 8. The highest BCUT2D eigenvalue weighted by atomic mass is 35.9. The SMILES string of the molecule is Cl[P+]1(Cl)n2c3ccc2C(c2ccc(O[P+]4(Oc5ccccc5)n5c6ccc5C(c5ccccc5)=C5C=CC(=N5)C(c5ccccc5)=c5ccc(n54)=C(c4ccccc4)C4=NC(=C6c5ccccc5)C=C4)cc2)=C2C=CC(=N2)C(c2ccccc2)=c2ccc(n21)=C(c1ccccc1)C1=NC(=C3c2ccccc2)C=C1. The van der Waals surface area contributed by atoms with Crippen LogP contribution in [0.2, 0.25) is 0 Å². The first-order chi connectivity index (χ1) is 53.3. The van der Waals surface area contributed by atoms with Crippen LogP contribution in [0.1, 0.15) is 67.3 Å². The lowest BCUT2D eigenvalue weighted by atomic mass is 10.0. The second-order valence-electron chi connectivity index (χ2n) is 27.1. The molecule has 0 N–H and O–H groups in total. The van der Waals surface area contributed by atoms with E-state index in [0.717, 1.165) is 179 Å². The first-order valence-electron chi connectivity index (χ1n) is 35.9. The maximum atomic E-state index is 8.78. The molecule has 0 radical (unpaired) electrons. The highest BCUT2D eigenvalue weighted by Gasteiger charge is 2.58. The molecule has 1 atom stereocenters. The summed E-state index contributed by atoms with van der Waals surface area (Å²) in [4.78, 5) is 22.9. The fourth-order valence-corrected chi connectivity index (χ4v) is 23.2. The molecule has 13 aromatic rings. The molecule has 510 valence electrons. The summed E-state index contributed by atoms with van der Waals surface area (Å²) < 4.78 is 26.1. The molecule has 10 nitrogen and oxygen atoms in total. The number of hydrogen-bond donors (Lipinski definition) is 0. The summed E-state index contributed by atoms with van der Waals surface area (Å²) in [6.07, 6.45) is 13.4. The molecule has 108 heavy (non-hydrogen) atoms. The lowest BCUT2D eigenvalue weighted by molar-refractivity contribution is 0.430. The average molecular weight is 1470 g/mol. The van der Waals surface area contributed by atoms with Crippen molar-refractivity contribution in [1.29, 1.82) is 0 Å². The van der Waals surface area contributed by atoms with Crippen molar-refractivity contribution in [3.63, 3.8) is 0 Å². The van der Waals surface area contributed by atoms with Crippen LogP contribution in [0.25, 0.3) is 44.6 Å². The van der Waals surface area contributed by atoms with Gasteiger partial charge in [0, 0.05) is 44.6 Å². The van der Waals surface area contributed by atoms with Crippen LogP contribution in [0.15, 0.2) is 407 Å². The first-order valence-corrected chi connectivity index (χ1v) is 40.9. The minimum atomic E-state index is -4.25. The molecule has 9 aromatic carbocycles. The molecule has 1 unspecified atom stereocenters. The maximum Gasteiger partial charge on any atom is 0.586 e. The van der Waals surface area contributed by atoms with Crippen molar-refractivity contribution in [2.75, 3.05) is 0 Å². The Morgan fingerprint density at radius 1 is 0.213 bits per heavy atom. The Hall–Kier alpha value is -12.8. The van der Waals surface area contributed by atoms with Crippen LogP contribution >= 0.6 is 36.8 Å². The second-order valence-corrected chi connectivity index (χ2v) is 34.3. The van der Waals surface area contributed by atoms with Gasteiger partial charge in [-0.15, -0.1) is 8.68 Å². The van der Waals surface area contributed by atoms with Crippen LogP contribution in [0.5, 0.6) is 11.5 Å². The van der Waals surface area contributed by atoms with Gasteiger partial charge < -0.3 is 0 Å². The number of fused-ring (bicyclic) bond motifs is 4. The molecular formula is C94H60Cl2N8O2P2+2. The Labute approximate surface area is 633 Å². The number of hydrogen-bond acceptors (Lipinski definition) is 6. The van der Waals surface area contributed by atoms with E-state index in [2.05, 4.69) is 333 Å². The molecule has 21 rings (SSSR count). The number of halogens is 2. The molecule has 8 aliphatic rings. The fraction of sp³-hybridized carbons (Fsp3) is 0. The lowest BCUT2D eigenvalue weighted by Crippen LogP contribution is -2.40. The molecule has 12 heterocycles. The van der Waals surface area contributed by atoms with Gasteiger partial charge in [-0.1, -0.05) is 243 Å². The number of benzene rings is 9. The number of aromatic nitrogens is 4. The van der Waals surface area contributed by atoms with Gasteiger partial charge in [0.1, 0.15) is 0 Å². The van der Waals surface area contributed by atoms with Crippen LogP contribution in [-0.2, 0) is 0 Å². The van der Waals surface area contributed by atoms with Crippen LogP contribution in [0.3, 0.4) is 0 Å². The zero-order chi connectivity index (χ0) is 71.6. The summed E-state index contributed by atoms with van der Waals surface area (Å²) in [6.45, 7) is 0. The van der Waals surface area contributed by atoms with Crippen LogP contribution in [0.4, 0.5) is 0 Å². The second kappa shape index (κ2) is 25.5. The van der Waals surface area contributed by atoms with Gasteiger partial charge in [0.15, 0.2) is 34.0 Å². The minimum absolute atomic E-state index is 0.519. The Morgan fingerprint density at radius 2 is 0.454 bits per heavy atom. The molecule has 0 spiro atoms. The topological polar surface area (TPSA) is 87.6 Å². The lowest BCUT2D eigenvalue weighted by Gasteiger charge is -2.30. The van der Waals surface area contributed by atoms with Gasteiger partial charge in [0.25, 0.3) is 0 Å². The van der Waals surface area contributed by atoms with E-state index in [1.165, 1.54) is 0 Å². The Balaban J connectivity index is 0.875. The van der Waals surface area contributed by atoms with Crippen molar-refractivity contribution >= 4 is 104 Å². The summed E-state index contributed by atoms with van der Waals surface area (Å²) in [5, 5.41) is 3.26. The van der Waals surface area contributed by atoms with Crippen molar-refractivity contribution in [2.45, 2.75) is 0 Å². The van der Waals surface area contributed by atoms with Gasteiger partial charge in [0.05, 0.1) is 89.8 Å². The minimum Gasteiger partial charge on any atom is -0.264 e. The van der Waals surface area contributed by atoms with Crippen molar-refractivity contribution in [3.8, 4) is 11.5 Å². The fourth-order valence-electron chi connectivity index (χ4n) is 16.3. The van der Waals surface area contributed by atoms with Crippen molar-refractivity contribution in [2.24, 2.45) is 20.0 Å². The standard InChI is InChI=1S/C94H60Cl2N8O2P2/c95-107(96)101-79-53-54-80(101)89(63-29-13-3-14-30-63)73-47-52-78(98-73)94(82-56-55-81(102(82)107)88(62-27-11-2-12-28-62)72-46-45-71(97-72)87(79)61-25-9-1-10-26-61)68-41-43-70(44-42-68)106-108(105-69-39-23-8-24-40-69)103-83-57-58-84(103)92(66-35-19-6-20-36-66)76-50-51-77(100-76)93(67-37-21-7-22-38-67)86-60-59-85(104(86)108)91(65-33-17-5-18-34-65)75-49-48-74(99-75)90(83)64-31-15-4-16-32-64/h1-60H/q+2. The third-order valence-corrected chi connectivity index (χ3v) is 27.2. The number of para-hydroxylation sites is 1. The van der Waals surface area contributed by atoms with E-state index in [0.29, 0.717) is 11.5 Å². The quantitative estimate of drug-likeness (QED) is 0.114. The van der Waals surface area contributed by atoms with E-state index in [4.69, 9.17) is 51.5 Å². The Kier molecular flexibility index (Phi) is 15.0. The number of aliphatic imine (C=N–C) groups is 4. The highest BCUT2D eigenvalue weighted by Crippen LogP contribution is 2.72. The molecular weight excluding hydrogens is 1410 g/mol. The van der Waals surface area contributed by atoms with Crippen molar-refractivity contribution in [1.82, 2.24) is 17.4 Å². The van der Waals surface area contributed by atoms with Crippen LogP contribution in [-0.4, -0.2) is 40.2 Å². The predicted octanol–water partition coefficient (Wildman–Crippen LogP) is 19.6. The molecule has 8 aliphatic heterocycles. The maximum absolute atomic E-state index is 8.78.